The fourth-order valence-corrected chi connectivity index (χ4v) is 3.68. The Bertz CT molecular complexity index is 1250. The van der Waals surface area contributed by atoms with E-state index in [1.54, 1.807) is 23.2 Å². The van der Waals surface area contributed by atoms with Crippen LogP contribution in [0.4, 0.5) is 0 Å². The first-order chi connectivity index (χ1) is 16.6. The van der Waals surface area contributed by atoms with Gasteiger partial charge in [0.05, 0.1) is 12.2 Å². The standard InChI is InChI=1S/C27H25ClN4O2/c1-20-25(27(28)32(31-20)18-22-6-3-2-4-7-22)13-14-26(33)30-17-21-9-11-24(12-10-21)34-19-23-8-5-15-29-16-23/h2-16H,17-19H2,1H3,(H,30,33)/b14-13+. The average Bonchev–Trinajstić information content (AvgIpc) is 3.13. The lowest BCUT2D eigenvalue weighted by Gasteiger charge is -2.07. The van der Waals surface area contributed by atoms with Crippen LogP contribution >= 0.6 is 11.6 Å². The summed E-state index contributed by atoms with van der Waals surface area (Å²) in [5, 5.41) is 7.90. The molecule has 0 atom stereocenters. The summed E-state index contributed by atoms with van der Waals surface area (Å²) in [5.41, 5.74) is 4.59. The highest BCUT2D eigenvalue weighted by molar-refractivity contribution is 6.31. The van der Waals surface area contributed by atoms with E-state index in [0.29, 0.717) is 24.8 Å². The van der Waals surface area contributed by atoms with Crippen LogP contribution in [0, 0.1) is 6.92 Å². The number of aromatic nitrogens is 3. The van der Waals surface area contributed by atoms with Crippen LogP contribution in [0.1, 0.15) is 27.9 Å². The highest BCUT2D eigenvalue weighted by Gasteiger charge is 2.12. The van der Waals surface area contributed by atoms with Gasteiger partial charge in [-0.2, -0.15) is 5.10 Å². The minimum atomic E-state index is -0.205. The molecule has 7 heteroatoms. The maximum atomic E-state index is 12.3. The van der Waals surface area contributed by atoms with Crippen molar-refractivity contribution in [3.63, 3.8) is 0 Å². The van der Waals surface area contributed by atoms with Crippen LogP contribution in [0.3, 0.4) is 0 Å². The summed E-state index contributed by atoms with van der Waals surface area (Å²) in [6, 6.07) is 21.5. The smallest absolute Gasteiger partial charge is 0.244 e. The molecule has 1 amide bonds. The number of hydrogen-bond acceptors (Lipinski definition) is 4. The van der Waals surface area contributed by atoms with Crippen LogP contribution in [0.25, 0.3) is 6.08 Å². The molecule has 1 N–H and O–H groups in total. The minimum absolute atomic E-state index is 0.205. The summed E-state index contributed by atoms with van der Waals surface area (Å²) in [5.74, 6) is 0.555. The third kappa shape index (κ3) is 6.33. The van der Waals surface area contributed by atoms with Crippen LogP contribution in [0.15, 0.2) is 85.2 Å². The molecule has 0 saturated carbocycles. The molecule has 0 fully saturated rings. The van der Waals surface area contributed by atoms with Crippen molar-refractivity contribution in [3.05, 3.63) is 118 Å². The molecular formula is C27H25ClN4O2. The Morgan fingerprint density at radius 3 is 2.53 bits per heavy atom. The summed E-state index contributed by atoms with van der Waals surface area (Å²) in [6.07, 6.45) is 6.70. The minimum Gasteiger partial charge on any atom is -0.489 e. The topological polar surface area (TPSA) is 69.0 Å². The summed E-state index contributed by atoms with van der Waals surface area (Å²) < 4.78 is 7.50. The van der Waals surface area contributed by atoms with Crippen LogP contribution in [-0.4, -0.2) is 20.7 Å². The predicted octanol–water partition coefficient (Wildman–Crippen LogP) is 5.20. The lowest BCUT2D eigenvalue weighted by molar-refractivity contribution is -0.116. The molecule has 0 aliphatic rings. The van der Waals surface area contributed by atoms with Gasteiger partial charge in [0.2, 0.25) is 5.91 Å². The Morgan fingerprint density at radius 2 is 1.79 bits per heavy atom. The lowest BCUT2D eigenvalue weighted by atomic mass is 10.2. The molecule has 0 spiro atoms. The van der Waals surface area contributed by atoms with E-state index in [-0.39, 0.29) is 5.91 Å². The van der Waals surface area contributed by atoms with Crippen molar-refractivity contribution in [2.45, 2.75) is 26.6 Å². The third-order valence-electron chi connectivity index (χ3n) is 5.20. The molecule has 0 saturated heterocycles. The van der Waals surface area contributed by atoms with Gasteiger partial charge in [-0.25, -0.2) is 4.68 Å². The van der Waals surface area contributed by atoms with Gasteiger partial charge >= 0.3 is 0 Å². The zero-order valence-electron chi connectivity index (χ0n) is 18.8. The van der Waals surface area contributed by atoms with Crippen molar-refractivity contribution in [3.8, 4) is 5.75 Å². The maximum absolute atomic E-state index is 12.3. The quantitative estimate of drug-likeness (QED) is 0.340. The largest absolute Gasteiger partial charge is 0.489 e. The van der Waals surface area contributed by atoms with Gasteiger partial charge in [-0.3, -0.25) is 9.78 Å². The highest BCUT2D eigenvalue weighted by atomic mass is 35.5. The zero-order chi connectivity index (χ0) is 23.8. The van der Waals surface area contributed by atoms with Crippen LogP contribution in [0.2, 0.25) is 5.15 Å². The number of ether oxygens (including phenoxy) is 1. The average molecular weight is 473 g/mol. The number of amides is 1. The van der Waals surface area contributed by atoms with Crippen molar-refractivity contribution in [2.24, 2.45) is 0 Å². The number of carbonyl (C=O) groups excluding carboxylic acids is 1. The summed E-state index contributed by atoms with van der Waals surface area (Å²) in [4.78, 5) is 16.4. The number of benzene rings is 2. The number of aryl methyl sites for hydroxylation is 1. The monoisotopic (exact) mass is 472 g/mol. The van der Waals surface area contributed by atoms with E-state index in [4.69, 9.17) is 16.3 Å². The van der Waals surface area contributed by atoms with Crippen molar-refractivity contribution < 1.29 is 9.53 Å². The first-order valence-electron chi connectivity index (χ1n) is 10.9. The Balaban J connectivity index is 1.29. The normalized spacial score (nSPS) is 11.0. The molecule has 0 aliphatic heterocycles. The highest BCUT2D eigenvalue weighted by Crippen LogP contribution is 2.22. The number of pyridine rings is 1. The summed E-state index contributed by atoms with van der Waals surface area (Å²) in [7, 11) is 0. The Kier molecular flexibility index (Phi) is 7.73. The Morgan fingerprint density at radius 1 is 1.03 bits per heavy atom. The van der Waals surface area contributed by atoms with Crippen molar-refractivity contribution in [2.75, 3.05) is 0 Å². The van der Waals surface area contributed by atoms with E-state index < -0.39 is 0 Å². The SMILES string of the molecule is Cc1nn(Cc2ccccc2)c(Cl)c1/C=C/C(=O)NCc1ccc(OCc2cccnc2)cc1. The zero-order valence-corrected chi connectivity index (χ0v) is 19.6. The second kappa shape index (κ2) is 11.3. The second-order valence-corrected chi connectivity index (χ2v) is 8.14. The third-order valence-corrected chi connectivity index (χ3v) is 5.60. The molecule has 2 aromatic carbocycles. The van der Waals surface area contributed by atoms with Crippen molar-refractivity contribution in [1.29, 1.82) is 0 Å². The fraction of sp³-hybridized carbons (Fsp3) is 0.148. The summed E-state index contributed by atoms with van der Waals surface area (Å²) in [6.45, 7) is 3.32. The van der Waals surface area contributed by atoms with Gasteiger partial charge in [0.1, 0.15) is 17.5 Å². The summed E-state index contributed by atoms with van der Waals surface area (Å²) >= 11 is 6.52. The van der Waals surface area contributed by atoms with Gasteiger partial charge in [-0.15, -0.1) is 0 Å². The maximum Gasteiger partial charge on any atom is 0.244 e. The van der Waals surface area contributed by atoms with E-state index in [9.17, 15) is 4.79 Å². The van der Waals surface area contributed by atoms with Crippen LogP contribution < -0.4 is 10.1 Å². The first kappa shape index (κ1) is 23.3. The molecule has 0 unspecified atom stereocenters. The first-order valence-corrected chi connectivity index (χ1v) is 11.3. The van der Waals surface area contributed by atoms with Gasteiger partial charge in [0.15, 0.2) is 0 Å². The van der Waals surface area contributed by atoms with Gasteiger partial charge in [0.25, 0.3) is 0 Å². The van der Waals surface area contributed by atoms with E-state index >= 15 is 0 Å². The van der Waals surface area contributed by atoms with E-state index in [1.807, 2.05) is 73.7 Å². The number of halogens is 1. The number of nitrogens with zero attached hydrogens (tertiary/aromatic N) is 3. The molecule has 2 aromatic heterocycles. The molecule has 6 nitrogen and oxygen atoms in total. The number of carbonyl (C=O) groups is 1. The van der Waals surface area contributed by atoms with Gasteiger partial charge in [-0.1, -0.05) is 60.1 Å². The van der Waals surface area contributed by atoms with E-state index in [1.165, 1.54) is 6.08 Å². The van der Waals surface area contributed by atoms with E-state index in [0.717, 1.165) is 33.7 Å². The van der Waals surface area contributed by atoms with Crippen LogP contribution in [0.5, 0.6) is 5.75 Å². The molecule has 0 aliphatic carbocycles. The van der Waals surface area contributed by atoms with Gasteiger partial charge in [0, 0.05) is 36.1 Å². The van der Waals surface area contributed by atoms with Crippen molar-refractivity contribution >= 4 is 23.6 Å². The predicted molar refractivity (Wildman–Crippen MR) is 133 cm³/mol. The molecule has 2 heterocycles. The Hall–Kier alpha value is -3.90. The number of nitrogens with one attached hydrogen (secondary N) is 1. The second-order valence-electron chi connectivity index (χ2n) is 7.78. The fourth-order valence-electron chi connectivity index (χ4n) is 3.38. The molecule has 0 radical (unpaired) electrons. The van der Waals surface area contributed by atoms with Crippen molar-refractivity contribution in [1.82, 2.24) is 20.1 Å². The molecule has 0 bridgehead atoms. The number of hydrogen-bond donors (Lipinski definition) is 1. The van der Waals surface area contributed by atoms with Crippen LogP contribution in [-0.2, 0) is 24.5 Å². The van der Waals surface area contributed by atoms with Gasteiger partial charge < -0.3 is 10.1 Å². The molecular weight excluding hydrogens is 448 g/mol. The molecule has 172 valence electrons. The molecule has 4 aromatic rings. The van der Waals surface area contributed by atoms with E-state index in [2.05, 4.69) is 15.4 Å². The number of rotatable bonds is 9. The molecule has 4 rings (SSSR count). The lowest BCUT2D eigenvalue weighted by Crippen LogP contribution is -2.20. The van der Waals surface area contributed by atoms with Gasteiger partial charge in [-0.05, 0) is 42.3 Å². The molecule has 34 heavy (non-hydrogen) atoms. The Labute approximate surface area is 203 Å².